The molecule has 1 aliphatic heterocycles. The van der Waals surface area contributed by atoms with Crippen molar-refractivity contribution in [2.45, 2.75) is 38.8 Å². The third kappa shape index (κ3) is 2.46. The quantitative estimate of drug-likeness (QED) is 0.602. The molecule has 11 heavy (non-hydrogen) atoms. The highest BCUT2D eigenvalue weighted by Crippen LogP contribution is 2.14. The molecule has 0 aromatic rings. The van der Waals surface area contributed by atoms with Crippen molar-refractivity contribution in [3.05, 3.63) is 0 Å². The van der Waals surface area contributed by atoms with Crippen molar-refractivity contribution in [1.29, 1.82) is 0 Å². The summed E-state index contributed by atoms with van der Waals surface area (Å²) in [5, 5.41) is 0. The molecule has 1 aliphatic rings. The van der Waals surface area contributed by atoms with E-state index >= 15 is 0 Å². The molecule has 2 heteroatoms. The maximum absolute atomic E-state index is 5.33. The first-order chi connectivity index (χ1) is 5.24. The van der Waals surface area contributed by atoms with Crippen molar-refractivity contribution in [1.82, 2.24) is 4.90 Å². The first kappa shape index (κ1) is 9.01. The molecule has 0 saturated carbocycles. The van der Waals surface area contributed by atoms with E-state index < -0.39 is 0 Å². The van der Waals surface area contributed by atoms with Gasteiger partial charge in [-0.3, -0.25) is 4.90 Å². The highest BCUT2D eigenvalue weighted by atomic mass is 16.5. The van der Waals surface area contributed by atoms with Gasteiger partial charge < -0.3 is 4.74 Å². The van der Waals surface area contributed by atoms with E-state index in [9.17, 15) is 0 Å². The maximum atomic E-state index is 5.33. The predicted octanol–water partition coefficient (Wildman–Crippen LogP) is 1.51. The summed E-state index contributed by atoms with van der Waals surface area (Å²) < 4.78 is 5.33. The molecular formula is C9H19NO. The average molecular weight is 157 g/mol. The molecule has 1 saturated heterocycles. The Kier molecular flexibility index (Phi) is 3.34. The van der Waals surface area contributed by atoms with E-state index in [-0.39, 0.29) is 0 Å². The molecular weight excluding hydrogens is 138 g/mol. The number of methoxy groups -OCH3 is 1. The van der Waals surface area contributed by atoms with Crippen molar-refractivity contribution in [3.8, 4) is 0 Å². The Morgan fingerprint density at radius 3 is 2.73 bits per heavy atom. The molecule has 1 rings (SSSR count). The molecule has 66 valence electrons. The Balaban J connectivity index is 2.33. The van der Waals surface area contributed by atoms with Gasteiger partial charge in [0.15, 0.2) is 0 Å². The summed E-state index contributed by atoms with van der Waals surface area (Å²) in [6.07, 6.45) is 3.00. The zero-order valence-corrected chi connectivity index (χ0v) is 7.84. The predicted molar refractivity (Wildman–Crippen MR) is 46.7 cm³/mol. The van der Waals surface area contributed by atoms with E-state index in [1.807, 2.05) is 7.11 Å². The van der Waals surface area contributed by atoms with Crippen LogP contribution in [0.1, 0.15) is 26.7 Å². The summed E-state index contributed by atoms with van der Waals surface area (Å²) in [6.45, 7) is 6.86. The fraction of sp³-hybridized carbons (Fsp3) is 1.00. The maximum Gasteiger partial charge on any atom is 0.0698 e. The first-order valence-corrected chi connectivity index (χ1v) is 4.51. The molecule has 1 heterocycles. The summed E-state index contributed by atoms with van der Waals surface area (Å²) in [7, 11) is 1.81. The fourth-order valence-electron chi connectivity index (χ4n) is 1.63. The Bertz CT molecular complexity index is 114. The van der Waals surface area contributed by atoms with Gasteiger partial charge in [-0.25, -0.2) is 0 Å². The van der Waals surface area contributed by atoms with Crippen molar-refractivity contribution in [2.75, 3.05) is 20.2 Å². The highest BCUT2D eigenvalue weighted by Gasteiger charge is 2.20. The molecule has 2 nitrogen and oxygen atoms in total. The third-order valence-electron chi connectivity index (χ3n) is 2.47. The van der Waals surface area contributed by atoms with Gasteiger partial charge in [0.2, 0.25) is 0 Å². The second-order valence-electron chi connectivity index (χ2n) is 3.59. The van der Waals surface area contributed by atoms with Crippen LogP contribution in [-0.4, -0.2) is 37.2 Å². The van der Waals surface area contributed by atoms with Gasteiger partial charge in [-0.2, -0.15) is 0 Å². The average Bonchev–Trinajstić information content (AvgIpc) is 2.05. The third-order valence-corrected chi connectivity index (χ3v) is 2.47. The van der Waals surface area contributed by atoms with Gasteiger partial charge >= 0.3 is 0 Å². The number of hydrogen-bond donors (Lipinski definition) is 0. The minimum absolute atomic E-state index is 0.478. The lowest BCUT2D eigenvalue weighted by Crippen LogP contribution is -2.42. The summed E-state index contributed by atoms with van der Waals surface area (Å²) in [5.41, 5.74) is 0. The van der Waals surface area contributed by atoms with Crippen LogP contribution < -0.4 is 0 Å². The van der Waals surface area contributed by atoms with Crippen LogP contribution >= 0.6 is 0 Å². The summed E-state index contributed by atoms with van der Waals surface area (Å²) in [5.74, 6) is 0. The Morgan fingerprint density at radius 2 is 2.18 bits per heavy atom. The number of hydrogen-bond acceptors (Lipinski definition) is 2. The van der Waals surface area contributed by atoms with Crippen molar-refractivity contribution < 1.29 is 4.74 Å². The lowest BCUT2D eigenvalue weighted by atomic mass is 10.1. The minimum atomic E-state index is 0.478. The van der Waals surface area contributed by atoms with Gasteiger partial charge in [0.1, 0.15) is 0 Å². The van der Waals surface area contributed by atoms with Crippen LogP contribution in [0.5, 0.6) is 0 Å². The number of ether oxygens (including phenoxy) is 1. The summed E-state index contributed by atoms with van der Waals surface area (Å²) in [4.78, 5) is 2.48. The Labute approximate surface area is 69.5 Å². The van der Waals surface area contributed by atoms with E-state index in [1.165, 1.54) is 19.4 Å². The molecule has 0 aromatic heterocycles. The molecule has 0 amide bonds. The van der Waals surface area contributed by atoms with Crippen LogP contribution in [0.2, 0.25) is 0 Å². The monoisotopic (exact) mass is 157 g/mol. The van der Waals surface area contributed by atoms with Crippen LogP contribution in [0.25, 0.3) is 0 Å². The fourth-order valence-corrected chi connectivity index (χ4v) is 1.63. The van der Waals surface area contributed by atoms with Crippen molar-refractivity contribution in [2.24, 2.45) is 0 Å². The van der Waals surface area contributed by atoms with Crippen molar-refractivity contribution >= 4 is 0 Å². The van der Waals surface area contributed by atoms with Gasteiger partial charge in [0.25, 0.3) is 0 Å². The second-order valence-corrected chi connectivity index (χ2v) is 3.59. The highest BCUT2D eigenvalue weighted by molar-refractivity contribution is 4.74. The lowest BCUT2D eigenvalue weighted by Gasteiger charge is -2.34. The second kappa shape index (κ2) is 4.07. The summed E-state index contributed by atoms with van der Waals surface area (Å²) in [6, 6.07) is 0.674. The molecule has 0 unspecified atom stereocenters. The van der Waals surface area contributed by atoms with Gasteiger partial charge in [-0.05, 0) is 33.2 Å². The lowest BCUT2D eigenvalue weighted by molar-refractivity contribution is 0.0203. The van der Waals surface area contributed by atoms with E-state index in [2.05, 4.69) is 18.7 Å². The van der Waals surface area contributed by atoms with Gasteiger partial charge in [0.05, 0.1) is 6.10 Å². The van der Waals surface area contributed by atoms with Crippen LogP contribution in [0, 0.1) is 0 Å². The van der Waals surface area contributed by atoms with Crippen LogP contribution in [0.4, 0.5) is 0 Å². The van der Waals surface area contributed by atoms with Gasteiger partial charge in [-0.15, -0.1) is 0 Å². The Morgan fingerprint density at radius 1 is 1.45 bits per heavy atom. The van der Waals surface area contributed by atoms with E-state index in [0.717, 1.165) is 6.54 Å². The topological polar surface area (TPSA) is 12.5 Å². The molecule has 0 aromatic carbocycles. The van der Waals surface area contributed by atoms with Gasteiger partial charge in [0, 0.05) is 19.7 Å². The molecule has 1 fully saturated rings. The normalized spacial score (nSPS) is 27.8. The largest absolute Gasteiger partial charge is 0.380 e. The van der Waals surface area contributed by atoms with Crippen LogP contribution in [0.3, 0.4) is 0 Å². The first-order valence-electron chi connectivity index (χ1n) is 4.51. The molecule has 1 atom stereocenters. The smallest absolute Gasteiger partial charge is 0.0698 e. The molecule has 0 aliphatic carbocycles. The molecule has 0 bridgehead atoms. The van der Waals surface area contributed by atoms with Gasteiger partial charge in [-0.1, -0.05) is 0 Å². The van der Waals surface area contributed by atoms with E-state index in [4.69, 9.17) is 4.74 Å². The minimum Gasteiger partial charge on any atom is -0.380 e. The van der Waals surface area contributed by atoms with E-state index in [1.54, 1.807) is 0 Å². The molecule has 0 N–H and O–H groups in total. The van der Waals surface area contributed by atoms with Crippen LogP contribution in [0.15, 0.2) is 0 Å². The standard InChI is InChI=1S/C9H19NO/c1-8(2)10-6-4-5-9(7-10)11-3/h8-9H,4-7H2,1-3H3/t9-/m0/s1. The number of nitrogens with zero attached hydrogens (tertiary/aromatic N) is 1. The van der Waals surface area contributed by atoms with Crippen LogP contribution in [-0.2, 0) is 4.74 Å². The zero-order valence-electron chi connectivity index (χ0n) is 7.84. The molecule has 0 radical (unpaired) electrons. The number of piperidine rings is 1. The van der Waals surface area contributed by atoms with Crippen molar-refractivity contribution in [3.63, 3.8) is 0 Å². The number of rotatable bonds is 2. The Hall–Kier alpha value is -0.0800. The number of likely N-dealkylation sites (tertiary alicyclic amines) is 1. The SMILES string of the molecule is CO[C@H]1CCCN(C(C)C)C1. The summed E-state index contributed by atoms with van der Waals surface area (Å²) >= 11 is 0. The molecule has 0 spiro atoms. The van der Waals surface area contributed by atoms with E-state index in [0.29, 0.717) is 12.1 Å². The zero-order chi connectivity index (χ0) is 8.27.